The van der Waals surface area contributed by atoms with Crippen LogP contribution in [0.25, 0.3) is 0 Å². The normalized spacial score (nSPS) is 15.0. The number of hydrogen-bond donors (Lipinski definition) is 1. The molecule has 0 radical (unpaired) electrons. The van der Waals surface area contributed by atoms with E-state index in [2.05, 4.69) is 15.5 Å². The van der Waals surface area contributed by atoms with Gasteiger partial charge >= 0.3 is 0 Å². The van der Waals surface area contributed by atoms with Crippen LogP contribution in [0, 0.1) is 0 Å². The summed E-state index contributed by atoms with van der Waals surface area (Å²) in [6.45, 7) is 0.380. The minimum atomic E-state index is -0.254. The molecular weight excluding hydrogens is 394 g/mol. The van der Waals surface area contributed by atoms with Gasteiger partial charge in [-0.15, -0.1) is 0 Å². The third-order valence-electron chi connectivity index (χ3n) is 5.07. The van der Waals surface area contributed by atoms with Crippen molar-refractivity contribution < 1.29 is 19.1 Å². The number of methoxy groups -OCH3 is 2. The van der Waals surface area contributed by atoms with Gasteiger partial charge in [0.25, 0.3) is 5.91 Å². The van der Waals surface area contributed by atoms with Crippen LogP contribution < -0.4 is 14.8 Å². The Morgan fingerprint density at radius 3 is 2.65 bits per heavy atom. The van der Waals surface area contributed by atoms with Gasteiger partial charge in [-0.2, -0.15) is 0 Å². The second-order valence-corrected chi connectivity index (χ2v) is 7.07. The van der Waals surface area contributed by atoms with E-state index in [4.69, 9.17) is 14.3 Å². The molecule has 1 aliphatic heterocycles. The molecule has 158 valence electrons. The summed E-state index contributed by atoms with van der Waals surface area (Å²) in [5.41, 5.74) is 3.89. The number of benzene rings is 2. The van der Waals surface area contributed by atoms with Gasteiger partial charge < -0.3 is 19.6 Å². The van der Waals surface area contributed by atoms with Crippen molar-refractivity contribution in [2.75, 3.05) is 14.2 Å². The van der Waals surface area contributed by atoms with Crippen molar-refractivity contribution >= 4 is 11.6 Å². The number of aromatic nitrogens is 1. The summed E-state index contributed by atoms with van der Waals surface area (Å²) < 4.78 is 10.4. The Bertz CT molecular complexity index is 1100. The van der Waals surface area contributed by atoms with E-state index in [0.29, 0.717) is 18.7 Å². The smallest absolute Gasteiger partial charge is 0.270 e. The van der Waals surface area contributed by atoms with E-state index < -0.39 is 0 Å². The molecule has 0 fully saturated rings. The number of carbonyl (C=O) groups excluding carboxylic acids is 1. The zero-order valence-electron chi connectivity index (χ0n) is 17.4. The predicted molar refractivity (Wildman–Crippen MR) is 116 cm³/mol. The van der Waals surface area contributed by atoms with Crippen LogP contribution in [0.2, 0.25) is 0 Å². The SMILES string of the molecule is COc1ccc(C2CC(c3ccnc(C(=O)NCc4cccc(OC)c4)c3)=NO2)cc1. The minimum absolute atomic E-state index is 0.167. The lowest BCUT2D eigenvalue weighted by Crippen LogP contribution is -2.24. The van der Waals surface area contributed by atoms with Crippen molar-refractivity contribution in [2.24, 2.45) is 5.16 Å². The number of ether oxygens (including phenoxy) is 2. The van der Waals surface area contributed by atoms with E-state index in [0.717, 1.165) is 33.9 Å². The first-order chi connectivity index (χ1) is 15.2. The van der Waals surface area contributed by atoms with Gasteiger partial charge in [0, 0.05) is 24.7 Å². The monoisotopic (exact) mass is 417 g/mol. The third-order valence-corrected chi connectivity index (χ3v) is 5.07. The van der Waals surface area contributed by atoms with Crippen molar-refractivity contribution in [3.8, 4) is 11.5 Å². The number of carbonyl (C=O) groups is 1. The Morgan fingerprint density at radius 2 is 1.87 bits per heavy atom. The maximum atomic E-state index is 12.6. The van der Waals surface area contributed by atoms with Crippen LogP contribution in [0.1, 0.15) is 39.7 Å². The molecule has 1 aliphatic rings. The number of rotatable bonds is 7. The Kier molecular flexibility index (Phi) is 6.12. The topological polar surface area (TPSA) is 82.0 Å². The van der Waals surface area contributed by atoms with Gasteiger partial charge in [-0.1, -0.05) is 29.4 Å². The van der Waals surface area contributed by atoms with Crippen LogP contribution in [0.15, 0.2) is 72.0 Å². The van der Waals surface area contributed by atoms with Gasteiger partial charge in [0.05, 0.1) is 19.9 Å². The molecular formula is C24H23N3O4. The first-order valence-electron chi connectivity index (χ1n) is 9.90. The van der Waals surface area contributed by atoms with Crippen LogP contribution >= 0.6 is 0 Å². The summed E-state index contributed by atoms with van der Waals surface area (Å²) >= 11 is 0. The molecule has 0 saturated heterocycles. The average molecular weight is 417 g/mol. The summed E-state index contributed by atoms with van der Waals surface area (Å²) in [7, 11) is 3.25. The van der Waals surface area contributed by atoms with E-state index in [9.17, 15) is 4.79 Å². The van der Waals surface area contributed by atoms with Crippen LogP contribution in [-0.2, 0) is 11.4 Å². The van der Waals surface area contributed by atoms with Crippen molar-refractivity contribution in [1.29, 1.82) is 0 Å². The Labute approximate surface area is 180 Å². The second-order valence-electron chi connectivity index (χ2n) is 7.07. The molecule has 1 aromatic heterocycles. The second kappa shape index (κ2) is 9.30. The summed E-state index contributed by atoms with van der Waals surface area (Å²) in [6, 6.07) is 18.8. The Hall–Kier alpha value is -3.87. The van der Waals surface area contributed by atoms with Gasteiger partial charge in [0.15, 0.2) is 6.10 Å². The molecule has 0 saturated carbocycles. The minimum Gasteiger partial charge on any atom is -0.497 e. The van der Waals surface area contributed by atoms with E-state index in [1.165, 1.54) is 0 Å². The number of nitrogens with zero attached hydrogens (tertiary/aromatic N) is 2. The summed E-state index contributed by atoms with van der Waals surface area (Å²) in [4.78, 5) is 22.4. The predicted octanol–water partition coefficient (Wildman–Crippen LogP) is 3.89. The van der Waals surface area contributed by atoms with E-state index in [-0.39, 0.29) is 12.0 Å². The highest BCUT2D eigenvalue weighted by Crippen LogP contribution is 2.30. The van der Waals surface area contributed by atoms with Crippen molar-refractivity contribution in [3.05, 3.63) is 89.2 Å². The molecule has 0 aliphatic carbocycles. The average Bonchev–Trinajstić information content (AvgIpc) is 3.33. The van der Waals surface area contributed by atoms with Crippen molar-refractivity contribution in [3.63, 3.8) is 0 Å². The zero-order valence-corrected chi connectivity index (χ0v) is 17.4. The van der Waals surface area contributed by atoms with Gasteiger partial charge in [-0.25, -0.2) is 0 Å². The van der Waals surface area contributed by atoms with Crippen LogP contribution in [0.4, 0.5) is 0 Å². The van der Waals surface area contributed by atoms with Crippen molar-refractivity contribution in [1.82, 2.24) is 10.3 Å². The van der Waals surface area contributed by atoms with E-state index in [1.807, 2.05) is 54.6 Å². The van der Waals surface area contributed by atoms with E-state index in [1.54, 1.807) is 26.5 Å². The fraction of sp³-hybridized carbons (Fsp3) is 0.208. The molecule has 0 spiro atoms. The number of oxime groups is 1. The maximum Gasteiger partial charge on any atom is 0.270 e. The lowest BCUT2D eigenvalue weighted by atomic mass is 10.0. The number of pyridine rings is 1. The standard InChI is InChI=1S/C24H23N3O4/c1-29-19-8-6-17(7-9-19)23-14-21(27-31-23)18-10-11-25-22(13-18)24(28)26-15-16-4-3-5-20(12-16)30-2/h3-13,23H,14-15H2,1-2H3,(H,26,28). The molecule has 4 rings (SSSR count). The van der Waals surface area contributed by atoms with Gasteiger partial charge in [-0.05, 0) is 47.5 Å². The van der Waals surface area contributed by atoms with Crippen molar-refractivity contribution in [2.45, 2.75) is 19.1 Å². The molecule has 7 nitrogen and oxygen atoms in total. The molecule has 1 unspecified atom stereocenters. The first-order valence-corrected chi connectivity index (χ1v) is 9.90. The molecule has 2 heterocycles. The third kappa shape index (κ3) is 4.83. The quantitative estimate of drug-likeness (QED) is 0.631. The Balaban J connectivity index is 1.40. The van der Waals surface area contributed by atoms with Crippen LogP contribution in [0.3, 0.4) is 0 Å². The Morgan fingerprint density at radius 1 is 1.06 bits per heavy atom. The summed E-state index contributed by atoms with van der Waals surface area (Å²) in [6.07, 6.45) is 2.06. The first kappa shape index (κ1) is 20.4. The molecule has 31 heavy (non-hydrogen) atoms. The molecule has 1 amide bonds. The van der Waals surface area contributed by atoms with Gasteiger partial charge in [0.2, 0.25) is 0 Å². The molecule has 3 aromatic rings. The van der Waals surface area contributed by atoms with Crippen LogP contribution in [0.5, 0.6) is 11.5 Å². The highest BCUT2D eigenvalue weighted by molar-refractivity contribution is 6.03. The van der Waals surface area contributed by atoms with Crippen LogP contribution in [-0.4, -0.2) is 30.8 Å². The largest absolute Gasteiger partial charge is 0.497 e. The molecule has 1 atom stereocenters. The fourth-order valence-corrected chi connectivity index (χ4v) is 3.33. The summed E-state index contributed by atoms with van der Waals surface area (Å²) in [5.74, 6) is 1.29. The maximum absolute atomic E-state index is 12.6. The van der Waals surface area contributed by atoms with E-state index >= 15 is 0 Å². The molecule has 7 heteroatoms. The number of nitrogens with one attached hydrogen (secondary N) is 1. The van der Waals surface area contributed by atoms with Gasteiger partial charge in [0.1, 0.15) is 17.2 Å². The zero-order chi connectivity index (χ0) is 21.6. The highest BCUT2D eigenvalue weighted by atomic mass is 16.6. The number of amides is 1. The highest BCUT2D eigenvalue weighted by Gasteiger charge is 2.24. The summed E-state index contributed by atoms with van der Waals surface area (Å²) in [5, 5.41) is 7.12. The molecule has 0 bridgehead atoms. The fourth-order valence-electron chi connectivity index (χ4n) is 3.33. The molecule has 2 aromatic carbocycles. The lowest BCUT2D eigenvalue weighted by Gasteiger charge is -2.09. The number of hydrogen-bond acceptors (Lipinski definition) is 6. The lowest BCUT2D eigenvalue weighted by molar-refractivity contribution is 0.0857. The van der Waals surface area contributed by atoms with Gasteiger partial charge in [-0.3, -0.25) is 9.78 Å². The molecule has 1 N–H and O–H groups in total.